The largest absolute Gasteiger partial charge is 0.492 e. The number of fused-ring (bicyclic) bond motifs is 6. The predicted molar refractivity (Wildman–Crippen MR) is 195 cm³/mol. The number of aromatic carboxylic acids is 1. The molecule has 8 atom stereocenters. The molecule has 0 bridgehead atoms. The number of anilines is 1. The molecule has 0 radical (unpaired) electrons. The Morgan fingerprint density at radius 1 is 1.11 bits per heavy atom. The van der Waals surface area contributed by atoms with Crippen LogP contribution in [0, 0.1) is 34.4 Å². The second-order valence-electron chi connectivity index (χ2n) is 16.8. The maximum atomic E-state index is 15.1. The van der Waals surface area contributed by atoms with Crippen molar-refractivity contribution in [1.29, 1.82) is 0 Å². The van der Waals surface area contributed by atoms with Crippen LogP contribution < -0.4 is 20.4 Å². The highest BCUT2D eigenvalue weighted by Gasteiger charge is 2.68. The number of ketones is 2. The number of nitrogens with one attached hydrogen (secondary N) is 1. The highest BCUT2D eigenvalue weighted by molar-refractivity contribution is 5.97. The van der Waals surface area contributed by atoms with E-state index in [0.717, 1.165) is 51.1 Å². The Balaban J connectivity index is 0.000000164. The zero-order valence-corrected chi connectivity index (χ0v) is 31.0. The number of nitrogens with zero attached hydrogens (tertiary/aromatic N) is 2. The number of carboxylic acid groups (broad SMARTS) is 1. The number of ether oxygens (including phenoxy) is 1. The normalized spacial score (nSPS) is 35.0. The van der Waals surface area contributed by atoms with Crippen molar-refractivity contribution in [3.05, 3.63) is 45.5 Å². The van der Waals surface area contributed by atoms with E-state index in [1.807, 2.05) is 18.7 Å². The molecule has 0 amide bonds. The third kappa shape index (κ3) is 5.93. The lowest BCUT2D eigenvalue weighted by atomic mass is 9.45. The molecule has 0 spiro atoms. The van der Waals surface area contributed by atoms with E-state index in [0.29, 0.717) is 49.3 Å². The molecule has 288 valence electrons. The van der Waals surface area contributed by atoms with E-state index < -0.39 is 46.7 Å². The third-order valence-electron chi connectivity index (χ3n) is 13.9. The van der Waals surface area contributed by atoms with Crippen LogP contribution in [0.25, 0.3) is 10.9 Å². The minimum atomic E-state index is -1.54. The maximum absolute atomic E-state index is 15.1. The van der Waals surface area contributed by atoms with Crippen LogP contribution in [0.1, 0.15) is 95.0 Å². The first-order valence-corrected chi connectivity index (χ1v) is 19.0. The smallest absolute Gasteiger partial charge is 0.341 e. The second kappa shape index (κ2) is 13.6. The Labute approximate surface area is 308 Å². The first kappa shape index (κ1) is 37.7. The van der Waals surface area contributed by atoms with Crippen molar-refractivity contribution in [2.45, 2.75) is 102 Å². The van der Waals surface area contributed by atoms with Crippen LogP contribution in [-0.4, -0.2) is 93.6 Å². The monoisotopic (exact) mass is 737 g/mol. The topological polar surface area (TPSA) is 179 Å². The molecule has 1 aromatic carbocycles. The van der Waals surface area contributed by atoms with Crippen molar-refractivity contribution in [2.24, 2.45) is 28.6 Å². The van der Waals surface area contributed by atoms with Gasteiger partial charge in [-0.1, -0.05) is 19.4 Å². The van der Waals surface area contributed by atoms with Crippen molar-refractivity contribution in [2.75, 3.05) is 38.3 Å². The molecule has 2 heterocycles. The fourth-order valence-electron chi connectivity index (χ4n) is 11.1. The number of aromatic nitrogens is 1. The SMILES string of the molecule is COc1c(N2CCNC(C)C2)c(F)cc2c(=O)c(C(=O)O)cn(C3CC3)c12.C[C@]12CCC(=O)C=C1CC[C@@H]1[C@@H]2[C@@H](O)C[C@@]2(C)[C@H]1CC[C@]2(O)C(=O)CO. The quantitative estimate of drug-likeness (QED) is 0.292. The Hall–Kier alpha value is -3.65. The van der Waals surface area contributed by atoms with Gasteiger partial charge < -0.3 is 39.9 Å². The van der Waals surface area contributed by atoms with Crippen LogP contribution in [0.2, 0.25) is 0 Å². The molecule has 1 aromatic heterocycles. The molecule has 4 saturated carbocycles. The van der Waals surface area contributed by atoms with Crippen molar-refractivity contribution < 1.29 is 43.9 Å². The zero-order chi connectivity index (χ0) is 38.2. The minimum absolute atomic E-state index is 0.0445. The minimum Gasteiger partial charge on any atom is -0.492 e. The second-order valence-corrected chi connectivity index (χ2v) is 16.8. The molecule has 13 heteroatoms. The number of methoxy groups -OCH3 is 1. The summed E-state index contributed by atoms with van der Waals surface area (Å²) in [5.41, 5.74) is -1.47. The van der Waals surface area contributed by atoms with Gasteiger partial charge in [-0.05, 0) is 93.6 Å². The molecule has 5 N–H and O–H groups in total. The Kier molecular flexibility index (Phi) is 9.65. The van der Waals surface area contributed by atoms with E-state index in [9.17, 15) is 39.6 Å². The summed E-state index contributed by atoms with van der Waals surface area (Å²) in [6.07, 6.45) is 8.88. The van der Waals surface area contributed by atoms with Crippen LogP contribution in [-0.2, 0) is 9.59 Å². The molecule has 1 unspecified atom stereocenters. The molecule has 1 saturated heterocycles. The fraction of sp³-hybridized carbons (Fsp3) is 0.650. The molecule has 2 aromatic rings. The van der Waals surface area contributed by atoms with Gasteiger partial charge in [0.1, 0.15) is 23.5 Å². The summed E-state index contributed by atoms with van der Waals surface area (Å²) in [6.45, 7) is 7.43. The van der Waals surface area contributed by atoms with Gasteiger partial charge in [0, 0.05) is 49.8 Å². The molecule has 6 aliphatic rings. The third-order valence-corrected chi connectivity index (χ3v) is 13.9. The van der Waals surface area contributed by atoms with Crippen molar-refractivity contribution in [3.8, 4) is 5.75 Å². The van der Waals surface area contributed by atoms with Gasteiger partial charge in [0.2, 0.25) is 5.43 Å². The van der Waals surface area contributed by atoms with E-state index in [1.165, 1.54) is 18.9 Å². The summed E-state index contributed by atoms with van der Waals surface area (Å²) in [6, 6.07) is 1.45. The molecule has 1 aliphatic heterocycles. The zero-order valence-electron chi connectivity index (χ0n) is 31.0. The predicted octanol–water partition coefficient (Wildman–Crippen LogP) is 3.76. The first-order valence-electron chi connectivity index (χ1n) is 19.0. The van der Waals surface area contributed by atoms with Gasteiger partial charge in [-0.15, -0.1) is 0 Å². The number of carbonyl (C=O) groups excluding carboxylic acids is 2. The van der Waals surface area contributed by atoms with Crippen LogP contribution >= 0.6 is 0 Å². The van der Waals surface area contributed by atoms with Gasteiger partial charge in [-0.2, -0.15) is 0 Å². The summed E-state index contributed by atoms with van der Waals surface area (Å²) in [5, 5.41) is 44.5. The standard InChI is InChI=1S/C21H30O5.C19H22FN3O4/c1-19-7-5-13(23)9-12(19)3-4-14-15-6-8-21(26,17(25)11-22)20(15,2)10-16(24)18(14)19;1-10-8-22(6-5-21-10)16-14(20)7-12-15(18(16)27-2)23(11-3-4-11)9-13(17(12)24)19(25)26/h9,14-16,18,22,24,26H,3-8,10-11H2,1-2H3;7,9-11,21H,3-6,8H2,1-2H3,(H,25,26)/t14-,15-,16-,18+,19-,20-,21-;/m0./s1. The Morgan fingerprint density at radius 2 is 1.85 bits per heavy atom. The number of aliphatic hydroxyl groups is 3. The molecule has 5 fully saturated rings. The van der Waals surface area contributed by atoms with Crippen LogP contribution in [0.5, 0.6) is 5.75 Å². The number of carboxylic acids is 1. The van der Waals surface area contributed by atoms with Gasteiger partial charge in [-0.25, -0.2) is 9.18 Å². The molecular weight excluding hydrogens is 685 g/mol. The maximum Gasteiger partial charge on any atom is 0.341 e. The van der Waals surface area contributed by atoms with Gasteiger partial charge in [0.25, 0.3) is 0 Å². The number of hydrogen-bond donors (Lipinski definition) is 5. The van der Waals surface area contributed by atoms with Crippen LogP contribution in [0.15, 0.2) is 28.7 Å². The number of pyridine rings is 1. The van der Waals surface area contributed by atoms with Gasteiger partial charge in [-0.3, -0.25) is 14.4 Å². The van der Waals surface area contributed by atoms with E-state index in [1.54, 1.807) is 10.6 Å². The van der Waals surface area contributed by atoms with E-state index in [4.69, 9.17) is 4.74 Å². The summed E-state index contributed by atoms with van der Waals surface area (Å²) in [7, 11) is 1.45. The lowest BCUT2D eigenvalue weighted by Gasteiger charge is -2.60. The lowest BCUT2D eigenvalue weighted by Crippen LogP contribution is -2.62. The average molecular weight is 738 g/mol. The number of Topliss-reactive ketones (excluding diaryl/α,β-unsaturated/α-hetero) is 1. The number of piperazine rings is 1. The lowest BCUT2D eigenvalue weighted by molar-refractivity contribution is -0.182. The van der Waals surface area contributed by atoms with E-state index in [2.05, 4.69) is 12.2 Å². The summed E-state index contributed by atoms with van der Waals surface area (Å²) < 4.78 is 22.5. The van der Waals surface area contributed by atoms with Crippen LogP contribution in [0.4, 0.5) is 10.1 Å². The van der Waals surface area contributed by atoms with Gasteiger partial charge in [0.05, 0.1) is 24.1 Å². The summed E-state index contributed by atoms with van der Waals surface area (Å²) in [4.78, 5) is 50.4. The fourth-order valence-corrected chi connectivity index (χ4v) is 11.1. The van der Waals surface area contributed by atoms with Crippen LogP contribution in [0.3, 0.4) is 0 Å². The first-order chi connectivity index (χ1) is 25.1. The summed E-state index contributed by atoms with van der Waals surface area (Å²) in [5.74, 6) is -1.45. The number of benzene rings is 1. The molecular formula is C40H52FN3O9. The number of halogens is 1. The number of aliphatic hydroxyl groups excluding tert-OH is 2. The van der Waals surface area contributed by atoms with Crippen molar-refractivity contribution in [1.82, 2.24) is 9.88 Å². The Bertz CT molecular complexity index is 1940. The Morgan fingerprint density at radius 3 is 2.49 bits per heavy atom. The van der Waals surface area contributed by atoms with Crippen molar-refractivity contribution in [3.63, 3.8) is 0 Å². The van der Waals surface area contributed by atoms with E-state index >= 15 is 4.39 Å². The molecule has 8 rings (SSSR count). The van der Waals surface area contributed by atoms with Gasteiger partial charge in [0.15, 0.2) is 23.1 Å². The molecule has 53 heavy (non-hydrogen) atoms. The van der Waals surface area contributed by atoms with E-state index in [-0.39, 0.29) is 52.0 Å². The number of rotatable bonds is 6. The molecule has 12 nitrogen and oxygen atoms in total. The number of hydrogen-bond acceptors (Lipinski definition) is 10. The average Bonchev–Trinajstić information content (AvgIpc) is 3.92. The number of allylic oxidation sites excluding steroid dienone is 1. The molecule has 5 aliphatic carbocycles. The number of carbonyl (C=O) groups is 3. The summed E-state index contributed by atoms with van der Waals surface area (Å²) >= 11 is 0. The van der Waals surface area contributed by atoms with Gasteiger partial charge >= 0.3 is 5.97 Å². The highest BCUT2D eigenvalue weighted by atomic mass is 19.1. The highest BCUT2D eigenvalue weighted by Crippen LogP contribution is 2.67. The van der Waals surface area contributed by atoms with Crippen molar-refractivity contribution >= 4 is 34.1 Å².